The number of nitrogens with zero attached hydrogens (tertiary/aromatic N) is 2. The van der Waals surface area contributed by atoms with Gasteiger partial charge in [-0.1, -0.05) is 20.8 Å². The molecule has 16 heavy (non-hydrogen) atoms. The SMILES string of the molecule is CC(C)(C)c1cn2c(n1)CCC[C@@H]2C(=O)O. The van der Waals surface area contributed by atoms with Gasteiger partial charge in [0, 0.05) is 18.0 Å². The highest BCUT2D eigenvalue weighted by atomic mass is 16.4. The van der Waals surface area contributed by atoms with E-state index >= 15 is 0 Å². The van der Waals surface area contributed by atoms with Crippen LogP contribution in [-0.2, 0) is 16.6 Å². The van der Waals surface area contributed by atoms with Crippen molar-refractivity contribution in [3.63, 3.8) is 0 Å². The second kappa shape index (κ2) is 3.61. The molecule has 1 N–H and O–H groups in total. The molecule has 0 fully saturated rings. The van der Waals surface area contributed by atoms with Gasteiger partial charge in [0.25, 0.3) is 0 Å². The molecule has 4 heteroatoms. The van der Waals surface area contributed by atoms with Crippen molar-refractivity contribution in [2.45, 2.75) is 51.5 Å². The molecule has 1 aliphatic rings. The minimum atomic E-state index is -0.751. The van der Waals surface area contributed by atoms with Crippen LogP contribution in [0.5, 0.6) is 0 Å². The van der Waals surface area contributed by atoms with Crippen LogP contribution in [0, 0.1) is 0 Å². The lowest BCUT2D eigenvalue weighted by Crippen LogP contribution is -2.24. The molecule has 0 amide bonds. The van der Waals surface area contributed by atoms with E-state index in [9.17, 15) is 4.79 Å². The number of hydrogen-bond donors (Lipinski definition) is 1. The van der Waals surface area contributed by atoms with Crippen molar-refractivity contribution >= 4 is 5.97 Å². The minimum Gasteiger partial charge on any atom is -0.480 e. The molecule has 2 heterocycles. The third-order valence-electron chi connectivity index (χ3n) is 3.08. The molecule has 4 nitrogen and oxygen atoms in total. The van der Waals surface area contributed by atoms with Gasteiger partial charge in [-0.25, -0.2) is 9.78 Å². The van der Waals surface area contributed by atoms with Gasteiger partial charge < -0.3 is 9.67 Å². The average molecular weight is 222 g/mol. The van der Waals surface area contributed by atoms with Crippen LogP contribution in [0.3, 0.4) is 0 Å². The Morgan fingerprint density at radius 1 is 1.56 bits per heavy atom. The molecule has 88 valence electrons. The van der Waals surface area contributed by atoms with Gasteiger partial charge in [0.2, 0.25) is 0 Å². The van der Waals surface area contributed by atoms with Crippen molar-refractivity contribution in [2.75, 3.05) is 0 Å². The van der Waals surface area contributed by atoms with Crippen LogP contribution in [0.4, 0.5) is 0 Å². The van der Waals surface area contributed by atoms with Crippen molar-refractivity contribution in [1.82, 2.24) is 9.55 Å². The van der Waals surface area contributed by atoms with E-state index in [2.05, 4.69) is 25.8 Å². The zero-order valence-corrected chi connectivity index (χ0v) is 10.0. The number of carbonyl (C=O) groups is 1. The van der Waals surface area contributed by atoms with E-state index in [4.69, 9.17) is 5.11 Å². The summed E-state index contributed by atoms with van der Waals surface area (Å²) in [5.74, 6) is 0.169. The van der Waals surface area contributed by atoms with Gasteiger partial charge in [-0.2, -0.15) is 0 Å². The third kappa shape index (κ3) is 1.84. The number of aliphatic carboxylic acids is 1. The molecule has 1 aromatic heterocycles. The number of imidazole rings is 1. The van der Waals surface area contributed by atoms with E-state index in [0.29, 0.717) is 6.42 Å². The predicted octanol–water partition coefficient (Wildman–Crippen LogP) is 2.14. The second-order valence-electron chi connectivity index (χ2n) is 5.45. The van der Waals surface area contributed by atoms with E-state index in [0.717, 1.165) is 24.4 Å². The average Bonchev–Trinajstić information content (AvgIpc) is 2.59. The fraction of sp³-hybridized carbons (Fsp3) is 0.667. The number of aryl methyl sites for hydroxylation is 1. The molecule has 1 atom stereocenters. The van der Waals surface area contributed by atoms with Crippen LogP contribution >= 0.6 is 0 Å². The number of carboxylic acid groups (broad SMARTS) is 1. The standard InChI is InChI=1S/C12H18N2O2/c1-12(2,3)9-7-14-8(11(15)16)5-4-6-10(14)13-9/h7-8H,4-6H2,1-3H3,(H,15,16)/t8-/m1/s1. The molecule has 0 spiro atoms. The normalized spacial score (nSPS) is 20.6. The maximum absolute atomic E-state index is 11.1. The molecule has 0 bridgehead atoms. The van der Waals surface area contributed by atoms with Gasteiger partial charge in [0.1, 0.15) is 11.9 Å². The van der Waals surface area contributed by atoms with Gasteiger partial charge in [0.05, 0.1) is 5.69 Å². The molecule has 0 aromatic carbocycles. The van der Waals surface area contributed by atoms with Crippen LogP contribution in [0.15, 0.2) is 6.20 Å². The lowest BCUT2D eigenvalue weighted by atomic mass is 9.93. The quantitative estimate of drug-likeness (QED) is 0.792. The van der Waals surface area contributed by atoms with Gasteiger partial charge >= 0.3 is 5.97 Å². The summed E-state index contributed by atoms with van der Waals surface area (Å²) in [5, 5.41) is 9.15. The summed E-state index contributed by atoms with van der Waals surface area (Å²) >= 11 is 0. The summed E-state index contributed by atoms with van der Waals surface area (Å²) in [6.07, 6.45) is 4.42. The minimum absolute atomic E-state index is 0.0204. The first-order valence-electron chi connectivity index (χ1n) is 5.70. The van der Waals surface area contributed by atoms with Crippen molar-refractivity contribution in [3.8, 4) is 0 Å². The predicted molar refractivity (Wildman–Crippen MR) is 60.5 cm³/mol. The first-order chi connectivity index (χ1) is 7.39. The maximum Gasteiger partial charge on any atom is 0.326 e. The molecule has 0 saturated carbocycles. The van der Waals surface area contributed by atoms with E-state index in [1.165, 1.54) is 0 Å². The summed E-state index contributed by atoms with van der Waals surface area (Å²) < 4.78 is 1.84. The van der Waals surface area contributed by atoms with Crippen molar-refractivity contribution in [1.29, 1.82) is 0 Å². The Bertz CT molecular complexity index is 415. The topological polar surface area (TPSA) is 55.1 Å². The number of rotatable bonds is 1. The van der Waals surface area contributed by atoms with E-state index in [1.54, 1.807) is 0 Å². The first-order valence-corrected chi connectivity index (χ1v) is 5.70. The zero-order valence-electron chi connectivity index (χ0n) is 10.0. The Morgan fingerprint density at radius 2 is 2.25 bits per heavy atom. The number of aromatic nitrogens is 2. The molecular formula is C12H18N2O2. The first kappa shape index (κ1) is 11.2. The lowest BCUT2D eigenvalue weighted by molar-refractivity contribution is -0.141. The summed E-state index contributed by atoms with van der Waals surface area (Å²) in [6, 6.07) is -0.424. The Kier molecular flexibility index (Phi) is 2.52. The number of hydrogen-bond acceptors (Lipinski definition) is 2. The third-order valence-corrected chi connectivity index (χ3v) is 3.08. The van der Waals surface area contributed by atoms with Crippen molar-refractivity contribution < 1.29 is 9.90 Å². The van der Waals surface area contributed by atoms with Crippen molar-refractivity contribution in [3.05, 3.63) is 17.7 Å². The summed E-state index contributed by atoms with van der Waals surface area (Å²) in [6.45, 7) is 6.28. The zero-order chi connectivity index (χ0) is 11.9. The summed E-state index contributed by atoms with van der Waals surface area (Å²) in [7, 11) is 0. The molecule has 1 aliphatic heterocycles. The van der Waals surface area contributed by atoms with Crippen LogP contribution in [0.2, 0.25) is 0 Å². The largest absolute Gasteiger partial charge is 0.480 e. The summed E-state index contributed by atoms with van der Waals surface area (Å²) in [5.41, 5.74) is 0.962. The molecule has 1 aromatic rings. The Labute approximate surface area is 95.3 Å². The van der Waals surface area contributed by atoms with E-state index < -0.39 is 12.0 Å². The van der Waals surface area contributed by atoms with E-state index in [1.807, 2.05) is 10.8 Å². The molecule has 2 rings (SSSR count). The molecule has 0 radical (unpaired) electrons. The molecule has 0 saturated heterocycles. The van der Waals surface area contributed by atoms with Crippen LogP contribution in [0.1, 0.15) is 51.2 Å². The fourth-order valence-corrected chi connectivity index (χ4v) is 2.08. The number of fused-ring (bicyclic) bond motifs is 1. The van der Waals surface area contributed by atoms with E-state index in [-0.39, 0.29) is 5.41 Å². The summed E-state index contributed by atoms with van der Waals surface area (Å²) in [4.78, 5) is 15.7. The van der Waals surface area contributed by atoms with Gasteiger partial charge in [-0.3, -0.25) is 0 Å². The fourth-order valence-electron chi connectivity index (χ4n) is 2.08. The van der Waals surface area contributed by atoms with Crippen molar-refractivity contribution in [2.24, 2.45) is 0 Å². The highest BCUT2D eigenvalue weighted by molar-refractivity contribution is 5.72. The van der Waals surface area contributed by atoms with Crippen LogP contribution in [0.25, 0.3) is 0 Å². The highest BCUT2D eigenvalue weighted by Crippen LogP contribution is 2.29. The van der Waals surface area contributed by atoms with Gasteiger partial charge in [-0.05, 0) is 12.8 Å². The lowest BCUT2D eigenvalue weighted by Gasteiger charge is -2.21. The second-order valence-corrected chi connectivity index (χ2v) is 5.45. The highest BCUT2D eigenvalue weighted by Gasteiger charge is 2.29. The maximum atomic E-state index is 11.1. The van der Waals surface area contributed by atoms with Crippen LogP contribution in [-0.4, -0.2) is 20.6 Å². The monoisotopic (exact) mass is 222 g/mol. The number of carboxylic acids is 1. The van der Waals surface area contributed by atoms with Crippen LogP contribution < -0.4 is 0 Å². The van der Waals surface area contributed by atoms with Gasteiger partial charge in [-0.15, -0.1) is 0 Å². The Balaban J connectivity index is 2.42. The smallest absolute Gasteiger partial charge is 0.326 e. The Hall–Kier alpha value is -1.32. The molecule has 0 aliphatic carbocycles. The Morgan fingerprint density at radius 3 is 2.81 bits per heavy atom. The molecular weight excluding hydrogens is 204 g/mol. The molecule has 0 unspecified atom stereocenters. The van der Waals surface area contributed by atoms with Gasteiger partial charge in [0.15, 0.2) is 0 Å².